The van der Waals surface area contributed by atoms with Gasteiger partial charge in [-0.25, -0.2) is 8.42 Å². The fourth-order valence-corrected chi connectivity index (χ4v) is 4.41. The van der Waals surface area contributed by atoms with Crippen LogP contribution in [0.3, 0.4) is 0 Å². The second-order valence-electron chi connectivity index (χ2n) is 6.06. The van der Waals surface area contributed by atoms with Gasteiger partial charge in [-0.2, -0.15) is 4.31 Å². The molecule has 0 bridgehead atoms. The number of nitrogens with zero attached hydrogens (tertiary/aromatic N) is 1. The Balaban J connectivity index is 1.88. The predicted octanol–water partition coefficient (Wildman–Crippen LogP) is 3.42. The molecule has 23 heavy (non-hydrogen) atoms. The number of piperidine rings is 1. The Morgan fingerprint density at radius 1 is 0.913 bits per heavy atom. The van der Waals surface area contributed by atoms with Gasteiger partial charge in [0.1, 0.15) is 0 Å². The summed E-state index contributed by atoms with van der Waals surface area (Å²) in [5, 5.41) is 0. The van der Waals surface area contributed by atoms with Crippen molar-refractivity contribution in [1.29, 1.82) is 0 Å². The van der Waals surface area contributed by atoms with E-state index in [4.69, 9.17) is 5.73 Å². The van der Waals surface area contributed by atoms with Crippen molar-refractivity contribution in [2.24, 2.45) is 0 Å². The summed E-state index contributed by atoms with van der Waals surface area (Å²) in [5.41, 5.74) is 9.70. The summed E-state index contributed by atoms with van der Waals surface area (Å²) in [6.45, 7) is 3.21. The maximum atomic E-state index is 12.6. The van der Waals surface area contributed by atoms with Gasteiger partial charge in [-0.05, 0) is 54.7 Å². The zero-order valence-corrected chi connectivity index (χ0v) is 14.1. The highest BCUT2D eigenvalue weighted by molar-refractivity contribution is 7.89. The number of hydrogen-bond acceptors (Lipinski definition) is 3. The van der Waals surface area contributed by atoms with Crippen molar-refractivity contribution in [2.45, 2.75) is 31.1 Å². The van der Waals surface area contributed by atoms with Crippen LogP contribution in [0.1, 0.15) is 24.8 Å². The van der Waals surface area contributed by atoms with E-state index in [1.165, 1.54) is 0 Å². The highest BCUT2D eigenvalue weighted by Gasteiger charge is 2.25. The lowest BCUT2D eigenvalue weighted by Crippen LogP contribution is -2.35. The smallest absolute Gasteiger partial charge is 0.243 e. The first kappa shape index (κ1) is 16.0. The average molecular weight is 330 g/mol. The van der Waals surface area contributed by atoms with Crippen LogP contribution < -0.4 is 5.73 Å². The topological polar surface area (TPSA) is 63.4 Å². The van der Waals surface area contributed by atoms with Gasteiger partial charge < -0.3 is 5.73 Å². The molecule has 2 N–H and O–H groups in total. The first-order valence-corrected chi connectivity index (χ1v) is 9.39. The second kappa shape index (κ2) is 6.34. The minimum absolute atomic E-state index is 0.364. The lowest BCUT2D eigenvalue weighted by Gasteiger charge is -2.25. The SMILES string of the molecule is Cc1ccc(-c2ccc(S(=O)(=O)N3CCCCC3)cc2)cc1N. The number of nitrogen functional groups attached to an aromatic ring is 1. The van der Waals surface area contributed by atoms with E-state index in [-0.39, 0.29) is 0 Å². The molecule has 1 heterocycles. The quantitative estimate of drug-likeness (QED) is 0.877. The highest BCUT2D eigenvalue weighted by Crippen LogP contribution is 2.26. The largest absolute Gasteiger partial charge is 0.398 e. The van der Waals surface area contributed by atoms with E-state index in [9.17, 15) is 8.42 Å². The van der Waals surface area contributed by atoms with Crippen LogP contribution in [-0.4, -0.2) is 25.8 Å². The van der Waals surface area contributed by atoms with E-state index in [0.29, 0.717) is 18.0 Å². The van der Waals surface area contributed by atoms with Crippen molar-refractivity contribution in [3.8, 4) is 11.1 Å². The van der Waals surface area contributed by atoms with Crippen molar-refractivity contribution in [2.75, 3.05) is 18.8 Å². The van der Waals surface area contributed by atoms with Crippen LogP contribution in [0.4, 0.5) is 5.69 Å². The van der Waals surface area contributed by atoms with Crippen molar-refractivity contribution in [1.82, 2.24) is 4.31 Å². The van der Waals surface area contributed by atoms with Crippen LogP contribution in [0.2, 0.25) is 0 Å². The lowest BCUT2D eigenvalue weighted by atomic mass is 10.0. The van der Waals surface area contributed by atoms with Gasteiger partial charge in [-0.15, -0.1) is 0 Å². The van der Waals surface area contributed by atoms with Crippen molar-refractivity contribution in [3.63, 3.8) is 0 Å². The molecule has 1 aliphatic heterocycles. The molecule has 2 aromatic carbocycles. The number of hydrogen-bond donors (Lipinski definition) is 1. The van der Waals surface area contributed by atoms with Gasteiger partial charge >= 0.3 is 0 Å². The molecule has 122 valence electrons. The molecule has 0 aromatic heterocycles. The van der Waals surface area contributed by atoms with Gasteiger partial charge in [0, 0.05) is 18.8 Å². The number of aryl methyl sites for hydroxylation is 1. The van der Waals surface area contributed by atoms with Gasteiger partial charge in [0.15, 0.2) is 0 Å². The Hall–Kier alpha value is -1.85. The van der Waals surface area contributed by atoms with E-state index in [0.717, 1.165) is 41.6 Å². The molecule has 4 nitrogen and oxygen atoms in total. The molecule has 0 atom stereocenters. The second-order valence-corrected chi connectivity index (χ2v) is 8.00. The Labute approximate surface area is 138 Å². The molecule has 0 spiro atoms. The summed E-state index contributed by atoms with van der Waals surface area (Å²) in [6, 6.07) is 13.0. The summed E-state index contributed by atoms with van der Waals surface area (Å²) >= 11 is 0. The van der Waals surface area contributed by atoms with Crippen LogP contribution in [0.25, 0.3) is 11.1 Å². The van der Waals surface area contributed by atoms with Crippen molar-refractivity contribution in [3.05, 3.63) is 48.0 Å². The summed E-state index contributed by atoms with van der Waals surface area (Å²) in [7, 11) is -3.37. The fraction of sp³-hybridized carbons (Fsp3) is 0.333. The molecule has 0 aliphatic carbocycles. The molecule has 2 aromatic rings. The molecule has 3 rings (SSSR count). The van der Waals surface area contributed by atoms with Gasteiger partial charge in [0.2, 0.25) is 10.0 Å². The molecular formula is C18H22N2O2S. The Kier molecular flexibility index (Phi) is 4.41. The van der Waals surface area contributed by atoms with Crippen LogP contribution in [-0.2, 0) is 10.0 Å². The normalized spacial score (nSPS) is 16.4. The molecule has 0 saturated carbocycles. The van der Waals surface area contributed by atoms with Crippen LogP contribution in [0.5, 0.6) is 0 Å². The maximum Gasteiger partial charge on any atom is 0.243 e. The Bertz CT molecular complexity index is 792. The van der Waals surface area contributed by atoms with Gasteiger partial charge in [-0.3, -0.25) is 0 Å². The number of rotatable bonds is 3. The maximum absolute atomic E-state index is 12.6. The Morgan fingerprint density at radius 2 is 1.52 bits per heavy atom. The van der Waals surface area contributed by atoms with E-state index in [1.807, 2.05) is 37.3 Å². The number of sulfonamides is 1. The van der Waals surface area contributed by atoms with E-state index in [1.54, 1.807) is 16.4 Å². The van der Waals surface area contributed by atoms with Crippen LogP contribution in [0, 0.1) is 6.92 Å². The van der Waals surface area contributed by atoms with Gasteiger partial charge in [-0.1, -0.05) is 30.7 Å². The molecular weight excluding hydrogens is 308 g/mol. The summed E-state index contributed by atoms with van der Waals surface area (Å²) in [5.74, 6) is 0. The summed E-state index contributed by atoms with van der Waals surface area (Å²) < 4.78 is 26.9. The standard InChI is InChI=1S/C18H22N2O2S/c1-14-5-6-16(13-18(14)19)15-7-9-17(10-8-15)23(21,22)20-11-3-2-4-12-20/h5-10,13H,2-4,11-12,19H2,1H3. The average Bonchev–Trinajstić information content (AvgIpc) is 2.58. The van der Waals surface area contributed by atoms with Crippen molar-refractivity contribution < 1.29 is 8.42 Å². The predicted molar refractivity (Wildman–Crippen MR) is 93.6 cm³/mol. The van der Waals surface area contributed by atoms with Gasteiger partial charge in [0.05, 0.1) is 4.90 Å². The molecule has 0 radical (unpaired) electrons. The van der Waals surface area contributed by atoms with Crippen LogP contribution in [0.15, 0.2) is 47.4 Å². The molecule has 1 fully saturated rings. The van der Waals surface area contributed by atoms with Crippen molar-refractivity contribution >= 4 is 15.7 Å². The number of anilines is 1. The molecule has 0 unspecified atom stereocenters. The number of nitrogens with two attached hydrogens (primary N) is 1. The first-order valence-electron chi connectivity index (χ1n) is 7.95. The molecule has 5 heteroatoms. The molecule has 1 aliphatic rings. The third kappa shape index (κ3) is 3.26. The third-order valence-electron chi connectivity index (χ3n) is 4.42. The third-order valence-corrected chi connectivity index (χ3v) is 6.33. The van der Waals surface area contributed by atoms with E-state index < -0.39 is 10.0 Å². The van der Waals surface area contributed by atoms with E-state index >= 15 is 0 Å². The van der Waals surface area contributed by atoms with Crippen LogP contribution >= 0.6 is 0 Å². The molecule has 0 amide bonds. The molecule has 1 saturated heterocycles. The minimum Gasteiger partial charge on any atom is -0.398 e. The zero-order chi connectivity index (χ0) is 16.4. The first-order chi connectivity index (χ1) is 11.0. The lowest BCUT2D eigenvalue weighted by molar-refractivity contribution is 0.346. The van der Waals surface area contributed by atoms with Gasteiger partial charge in [0.25, 0.3) is 0 Å². The monoisotopic (exact) mass is 330 g/mol. The number of benzene rings is 2. The highest BCUT2D eigenvalue weighted by atomic mass is 32.2. The summed E-state index contributed by atoms with van der Waals surface area (Å²) in [4.78, 5) is 0.364. The summed E-state index contributed by atoms with van der Waals surface area (Å²) in [6.07, 6.45) is 3.00. The minimum atomic E-state index is -3.37. The Morgan fingerprint density at radius 3 is 2.13 bits per heavy atom. The van der Waals surface area contributed by atoms with E-state index in [2.05, 4.69) is 0 Å². The fourth-order valence-electron chi connectivity index (χ4n) is 2.89. The zero-order valence-electron chi connectivity index (χ0n) is 13.3.